The first-order valence-corrected chi connectivity index (χ1v) is 9.29. The summed E-state index contributed by atoms with van der Waals surface area (Å²) in [5, 5.41) is 3.37. The predicted molar refractivity (Wildman–Crippen MR) is 107 cm³/mol. The molecule has 0 atom stereocenters. The first-order valence-electron chi connectivity index (χ1n) is 8.91. The van der Waals surface area contributed by atoms with Gasteiger partial charge in [-0.15, -0.1) is 0 Å². The molecular formula is C21H26ClNO3. The maximum absolute atomic E-state index is 12.8. The van der Waals surface area contributed by atoms with E-state index in [1.54, 1.807) is 12.1 Å². The SMILES string of the molecule is CCCCOc1c(Cl)cc(C(=O)Nc2c(C)cccc2CC)cc1OC. The Labute approximate surface area is 160 Å². The molecule has 26 heavy (non-hydrogen) atoms. The summed E-state index contributed by atoms with van der Waals surface area (Å²) < 4.78 is 11.1. The average molecular weight is 376 g/mol. The van der Waals surface area contributed by atoms with E-state index >= 15 is 0 Å². The van der Waals surface area contributed by atoms with E-state index in [0.717, 1.165) is 36.1 Å². The van der Waals surface area contributed by atoms with Gasteiger partial charge >= 0.3 is 0 Å². The van der Waals surface area contributed by atoms with Crippen molar-refractivity contribution in [2.45, 2.75) is 40.0 Å². The van der Waals surface area contributed by atoms with E-state index in [-0.39, 0.29) is 5.91 Å². The lowest BCUT2D eigenvalue weighted by Crippen LogP contribution is -2.15. The Hall–Kier alpha value is -2.20. The molecule has 1 amide bonds. The van der Waals surface area contributed by atoms with E-state index in [4.69, 9.17) is 21.1 Å². The molecule has 0 radical (unpaired) electrons. The van der Waals surface area contributed by atoms with Crippen LogP contribution in [0.1, 0.15) is 48.2 Å². The van der Waals surface area contributed by atoms with E-state index in [1.165, 1.54) is 7.11 Å². The molecule has 0 saturated carbocycles. The van der Waals surface area contributed by atoms with Gasteiger partial charge in [0.1, 0.15) is 0 Å². The fourth-order valence-electron chi connectivity index (χ4n) is 2.70. The Morgan fingerprint density at radius 2 is 2.00 bits per heavy atom. The molecule has 2 aromatic carbocycles. The van der Waals surface area contributed by atoms with E-state index in [1.807, 2.05) is 25.1 Å². The molecule has 0 fully saturated rings. The molecule has 2 aromatic rings. The van der Waals surface area contributed by atoms with Gasteiger partial charge in [-0.05, 0) is 43.0 Å². The van der Waals surface area contributed by atoms with Crippen molar-refractivity contribution in [1.29, 1.82) is 0 Å². The van der Waals surface area contributed by atoms with Crippen LogP contribution < -0.4 is 14.8 Å². The normalized spacial score (nSPS) is 10.5. The summed E-state index contributed by atoms with van der Waals surface area (Å²) >= 11 is 6.34. The van der Waals surface area contributed by atoms with Crippen LogP contribution in [0.15, 0.2) is 30.3 Å². The number of benzene rings is 2. The summed E-state index contributed by atoms with van der Waals surface area (Å²) in [6.07, 6.45) is 2.79. The summed E-state index contributed by atoms with van der Waals surface area (Å²) in [4.78, 5) is 12.8. The summed E-state index contributed by atoms with van der Waals surface area (Å²) in [6, 6.07) is 9.26. The molecular weight excluding hydrogens is 350 g/mol. The van der Waals surface area contributed by atoms with Crippen LogP contribution >= 0.6 is 11.6 Å². The highest BCUT2D eigenvalue weighted by Gasteiger charge is 2.17. The average Bonchev–Trinajstić information content (AvgIpc) is 2.64. The predicted octanol–water partition coefficient (Wildman–Crippen LogP) is 5.65. The van der Waals surface area contributed by atoms with Gasteiger partial charge in [0.25, 0.3) is 5.91 Å². The summed E-state index contributed by atoms with van der Waals surface area (Å²) in [5.41, 5.74) is 3.39. The van der Waals surface area contributed by atoms with Gasteiger partial charge in [0.15, 0.2) is 11.5 Å². The maximum atomic E-state index is 12.8. The highest BCUT2D eigenvalue weighted by atomic mass is 35.5. The van der Waals surface area contributed by atoms with Gasteiger partial charge < -0.3 is 14.8 Å². The quantitative estimate of drug-likeness (QED) is 0.606. The zero-order valence-electron chi connectivity index (χ0n) is 15.8. The fraction of sp³-hybridized carbons (Fsp3) is 0.381. The van der Waals surface area contributed by atoms with Gasteiger partial charge in [-0.1, -0.05) is 50.1 Å². The van der Waals surface area contributed by atoms with Crippen LogP contribution in [0, 0.1) is 6.92 Å². The molecule has 0 aliphatic carbocycles. The van der Waals surface area contributed by atoms with Crippen molar-refractivity contribution in [2.75, 3.05) is 19.0 Å². The molecule has 0 saturated heterocycles. The molecule has 2 rings (SSSR count). The number of halogens is 1. The van der Waals surface area contributed by atoms with Crippen LogP contribution in [0.3, 0.4) is 0 Å². The molecule has 0 unspecified atom stereocenters. The van der Waals surface area contributed by atoms with Crippen molar-refractivity contribution >= 4 is 23.2 Å². The number of aryl methyl sites for hydroxylation is 2. The Morgan fingerprint density at radius 3 is 2.65 bits per heavy atom. The Bertz CT molecular complexity index is 774. The minimum atomic E-state index is -0.227. The Balaban J connectivity index is 2.28. The molecule has 4 nitrogen and oxygen atoms in total. The monoisotopic (exact) mass is 375 g/mol. The number of nitrogens with one attached hydrogen (secondary N) is 1. The second-order valence-corrected chi connectivity index (χ2v) is 6.52. The van der Waals surface area contributed by atoms with Crippen molar-refractivity contribution in [3.8, 4) is 11.5 Å². The number of amides is 1. The third-order valence-electron chi connectivity index (χ3n) is 4.21. The van der Waals surface area contributed by atoms with Crippen molar-refractivity contribution < 1.29 is 14.3 Å². The van der Waals surface area contributed by atoms with Gasteiger partial charge in [-0.2, -0.15) is 0 Å². The molecule has 0 heterocycles. The molecule has 5 heteroatoms. The molecule has 1 N–H and O–H groups in total. The van der Waals surface area contributed by atoms with E-state index in [0.29, 0.717) is 28.7 Å². The molecule has 0 aliphatic rings. The number of rotatable bonds is 8. The zero-order valence-corrected chi connectivity index (χ0v) is 16.6. The number of methoxy groups -OCH3 is 1. The van der Waals surface area contributed by atoms with Crippen molar-refractivity contribution in [2.24, 2.45) is 0 Å². The topological polar surface area (TPSA) is 47.6 Å². The number of hydrogen-bond acceptors (Lipinski definition) is 3. The van der Waals surface area contributed by atoms with Crippen LogP contribution in [-0.4, -0.2) is 19.6 Å². The number of ether oxygens (including phenoxy) is 2. The van der Waals surface area contributed by atoms with Crippen LogP contribution in [-0.2, 0) is 6.42 Å². The number of carbonyl (C=O) groups is 1. The Morgan fingerprint density at radius 1 is 1.23 bits per heavy atom. The second kappa shape index (κ2) is 9.48. The van der Waals surface area contributed by atoms with Gasteiger partial charge in [0.2, 0.25) is 0 Å². The summed E-state index contributed by atoms with van der Waals surface area (Å²) in [7, 11) is 1.54. The summed E-state index contributed by atoms with van der Waals surface area (Å²) in [6.45, 7) is 6.69. The molecule has 0 aromatic heterocycles. The van der Waals surface area contributed by atoms with Gasteiger partial charge in [-0.25, -0.2) is 0 Å². The molecule has 140 valence electrons. The van der Waals surface area contributed by atoms with E-state index < -0.39 is 0 Å². The lowest BCUT2D eigenvalue weighted by Gasteiger charge is -2.16. The minimum Gasteiger partial charge on any atom is -0.493 e. The third-order valence-corrected chi connectivity index (χ3v) is 4.50. The second-order valence-electron chi connectivity index (χ2n) is 6.11. The largest absolute Gasteiger partial charge is 0.493 e. The van der Waals surface area contributed by atoms with Crippen molar-refractivity contribution in [3.63, 3.8) is 0 Å². The van der Waals surface area contributed by atoms with Crippen LogP contribution in [0.25, 0.3) is 0 Å². The first kappa shape index (κ1) is 20.1. The highest BCUT2D eigenvalue weighted by molar-refractivity contribution is 6.32. The van der Waals surface area contributed by atoms with Gasteiger partial charge in [0, 0.05) is 11.3 Å². The fourth-order valence-corrected chi connectivity index (χ4v) is 2.96. The number of hydrogen-bond donors (Lipinski definition) is 1. The number of para-hydroxylation sites is 1. The molecule has 0 aliphatic heterocycles. The van der Waals surface area contributed by atoms with Crippen LogP contribution in [0.2, 0.25) is 5.02 Å². The molecule has 0 bridgehead atoms. The van der Waals surface area contributed by atoms with Crippen LogP contribution in [0.4, 0.5) is 5.69 Å². The molecule has 0 spiro atoms. The van der Waals surface area contributed by atoms with E-state index in [2.05, 4.69) is 19.2 Å². The Kier molecular flexibility index (Phi) is 7.34. The number of anilines is 1. The van der Waals surface area contributed by atoms with Crippen molar-refractivity contribution in [1.82, 2.24) is 0 Å². The standard InChI is InChI=1S/C21H26ClNO3/c1-5-7-11-26-20-17(22)12-16(13-18(20)25-4)21(24)23-19-14(3)9-8-10-15(19)6-2/h8-10,12-13H,5-7,11H2,1-4H3,(H,23,24). The van der Waals surface area contributed by atoms with Crippen molar-refractivity contribution in [3.05, 3.63) is 52.0 Å². The first-order chi connectivity index (χ1) is 12.5. The third kappa shape index (κ3) is 4.70. The van der Waals surface area contributed by atoms with Crippen LogP contribution in [0.5, 0.6) is 11.5 Å². The summed E-state index contributed by atoms with van der Waals surface area (Å²) in [5.74, 6) is 0.706. The zero-order chi connectivity index (χ0) is 19.1. The lowest BCUT2D eigenvalue weighted by atomic mass is 10.1. The smallest absolute Gasteiger partial charge is 0.255 e. The van der Waals surface area contributed by atoms with E-state index in [9.17, 15) is 4.79 Å². The number of carbonyl (C=O) groups excluding carboxylic acids is 1. The minimum absolute atomic E-state index is 0.227. The highest BCUT2D eigenvalue weighted by Crippen LogP contribution is 2.37. The van der Waals surface area contributed by atoms with Gasteiger partial charge in [0.05, 0.1) is 18.7 Å². The number of unbranched alkanes of at least 4 members (excludes halogenated alkanes) is 1. The van der Waals surface area contributed by atoms with Gasteiger partial charge in [-0.3, -0.25) is 4.79 Å². The lowest BCUT2D eigenvalue weighted by molar-refractivity contribution is 0.102. The maximum Gasteiger partial charge on any atom is 0.255 e.